The van der Waals surface area contributed by atoms with E-state index in [4.69, 9.17) is 22.3 Å². The van der Waals surface area contributed by atoms with Crippen LogP contribution in [0.2, 0.25) is 5.02 Å². The predicted octanol–water partition coefficient (Wildman–Crippen LogP) is 2.31. The molecule has 90 valence electrons. The third kappa shape index (κ3) is 4.08. The van der Waals surface area contributed by atoms with Crippen LogP contribution >= 0.6 is 11.6 Å². The van der Waals surface area contributed by atoms with Crippen molar-refractivity contribution in [2.45, 2.75) is 4.90 Å². The standard InChI is InChI=1S/C9H9ClN4O2S/c10-8-6-7(2-1-5-13-14-11)3-4-9(8)17(12,15)16/h1-4,6H,5H2,(H2,12,15,16). The van der Waals surface area contributed by atoms with Crippen LogP contribution in [0, 0.1) is 0 Å². The van der Waals surface area contributed by atoms with Crippen LogP contribution in [0.1, 0.15) is 5.56 Å². The summed E-state index contributed by atoms with van der Waals surface area (Å²) in [5.74, 6) is 0. The van der Waals surface area contributed by atoms with Crippen LogP contribution in [-0.2, 0) is 10.0 Å². The zero-order chi connectivity index (χ0) is 12.9. The SMILES string of the molecule is [N-]=[N+]=NCC=Cc1ccc(S(N)(=O)=O)c(Cl)c1. The largest absolute Gasteiger partial charge is 0.239 e. The molecule has 0 heterocycles. The maximum Gasteiger partial charge on any atom is 0.239 e. The zero-order valence-electron chi connectivity index (χ0n) is 8.62. The molecule has 0 aliphatic heterocycles. The number of rotatable bonds is 4. The van der Waals surface area contributed by atoms with E-state index < -0.39 is 10.0 Å². The first-order valence-electron chi connectivity index (χ1n) is 4.45. The molecule has 0 radical (unpaired) electrons. The maximum atomic E-state index is 11.1. The summed E-state index contributed by atoms with van der Waals surface area (Å²) in [6.07, 6.45) is 3.29. The highest BCUT2D eigenvalue weighted by Crippen LogP contribution is 2.22. The number of nitrogens with zero attached hydrogens (tertiary/aromatic N) is 3. The van der Waals surface area contributed by atoms with E-state index >= 15 is 0 Å². The van der Waals surface area contributed by atoms with Crippen molar-refractivity contribution in [1.29, 1.82) is 0 Å². The third-order valence-electron chi connectivity index (χ3n) is 1.82. The highest BCUT2D eigenvalue weighted by Gasteiger charge is 2.12. The summed E-state index contributed by atoms with van der Waals surface area (Å²) in [5.41, 5.74) is 8.75. The Balaban J connectivity index is 2.97. The molecule has 0 spiro atoms. The molecule has 0 aliphatic carbocycles. The van der Waals surface area contributed by atoms with Crippen molar-refractivity contribution in [2.75, 3.05) is 6.54 Å². The molecule has 1 aromatic rings. The second-order valence-corrected chi connectivity index (χ2v) is 4.99. The molecule has 0 atom stereocenters. The quantitative estimate of drug-likeness (QED) is 0.515. The van der Waals surface area contributed by atoms with Crippen LogP contribution in [0.3, 0.4) is 0 Å². The number of sulfonamides is 1. The summed E-state index contributed by atoms with van der Waals surface area (Å²) in [6.45, 7) is 0.213. The lowest BCUT2D eigenvalue weighted by atomic mass is 10.2. The summed E-state index contributed by atoms with van der Waals surface area (Å²) in [6, 6.07) is 4.34. The van der Waals surface area contributed by atoms with Gasteiger partial charge in [0.2, 0.25) is 10.0 Å². The molecular formula is C9H9ClN4O2S. The normalized spacial score (nSPS) is 11.4. The Hall–Kier alpha value is -1.53. The Morgan fingerprint density at radius 1 is 1.53 bits per heavy atom. The fourth-order valence-corrected chi connectivity index (χ4v) is 2.22. The summed E-state index contributed by atoms with van der Waals surface area (Å²) in [5, 5.41) is 8.33. The molecule has 0 saturated carbocycles. The minimum Gasteiger partial charge on any atom is -0.225 e. The second-order valence-electron chi connectivity index (χ2n) is 3.05. The first-order valence-corrected chi connectivity index (χ1v) is 6.37. The fourth-order valence-electron chi connectivity index (χ4n) is 1.12. The Kier molecular flexibility index (Phi) is 4.53. The number of halogens is 1. The van der Waals surface area contributed by atoms with E-state index in [1.165, 1.54) is 12.1 Å². The molecule has 6 nitrogen and oxygen atoms in total. The molecule has 8 heteroatoms. The average Bonchev–Trinajstić information content (AvgIpc) is 2.23. The van der Waals surface area contributed by atoms with Crippen molar-refractivity contribution in [3.8, 4) is 0 Å². The van der Waals surface area contributed by atoms with Crippen molar-refractivity contribution in [3.05, 3.63) is 45.3 Å². The molecule has 0 aliphatic rings. The number of primary sulfonamides is 1. The number of hydrogen-bond acceptors (Lipinski definition) is 3. The van der Waals surface area contributed by atoms with Gasteiger partial charge in [0.25, 0.3) is 0 Å². The van der Waals surface area contributed by atoms with Gasteiger partial charge in [0.1, 0.15) is 4.90 Å². The molecule has 0 fully saturated rings. The van der Waals surface area contributed by atoms with Gasteiger partial charge in [0.15, 0.2) is 0 Å². The lowest BCUT2D eigenvalue weighted by Crippen LogP contribution is -2.12. The summed E-state index contributed by atoms with van der Waals surface area (Å²) in [4.78, 5) is 2.46. The summed E-state index contributed by atoms with van der Waals surface area (Å²) in [7, 11) is -3.80. The van der Waals surface area contributed by atoms with Crippen molar-refractivity contribution in [1.82, 2.24) is 0 Å². The second kappa shape index (κ2) is 5.70. The van der Waals surface area contributed by atoms with Crippen LogP contribution < -0.4 is 5.14 Å². The van der Waals surface area contributed by atoms with Gasteiger partial charge in [-0.15, -0.1) is 0 Å². The molecular weight excluding hydrogens is 264 g/mol. The lowest BCUT2D eigenvalue weighted by molar-refractivity contribution is 0.598. The van der Waals surface area contributed by atoms with Gasteiger partial charge in [0, 0.05) is 11.5 Å². The van der Waals surface area contributed by atoms with E-state index in [1.54, 1.807) is 18.2 Å². The highest BCUT2D eigenvalue weighted by molar-refractivity contribution is 7.89. The average molecular weight is 273 g/mol. The van der Waals surface area contributed by atoms with Gasteiger partial charge in [0.05, 0.1) is 5.02 Å². The van der Waals surface area contributed by atoms with E-state index in [-0.39, 0.29) is 16.5 Å². The van der Waals surface area contributed by atoms with Gasteiger partial charge in [-0.2, -0.15) is 0 Å². The third-order valence-corrected chi connectivity index (χ3v) is 3.22. The van der Waals surface area contributed by atoms with Gasteiger partial charge in [-0.05, 0) is 23.2 Å². The van der Waals surface area contributed by atoms with E-state index in [0.29, 0.717) is 5.56 Å². The number of benzene rings is 1. The minimum absolute atomic E-state index is 0.0541. The van der Waals surface area contributed by atoms with Gasteiger partial charge in [-0.3, -0.25) is 0 Å². The molecule has 0 amide bonds. The summed E-state index contributed by atoms with van der Waals surface area (Å²) < 4.78 is 22.2. The minimum atomic E-state index is -3.80. The molecule has 1 rings (SSSR count). The fraction of sp³-hybridized carbons (Fsp3) is 0.111. The molecule has 0 bridgehead atoms. The first kappa shape index (κ1) is 13.5. The molecule has 0 unspecified atom stereocenters. The molecule has 2 N–H and O–H groups in total. The van der Waals surface area contributed by atoms with Crippen molar-refractivity contribution in [3.63, 3.8) is 0 Å². The highest BCUT2D eigenvalue weighted by atomic mass is 35.5. The van der Waals surface area contributed by atoms with Crippen molar-refractivity contribution >= 4 is 27.7 Å². The van der Waals surface area contributed by atoms with Crippen molar-refractivity contribution in [2.24, 2.45) is 10.3 Å². The zero-order valence-corrected chi connectivity index (χ0v) is 10.2. The molecule has 17 heavy (non-hydrogen) atoms. The molecule has 0 saturated heterocycles. The van der Waals surface area contributed by atoms with Gasteiger partial charge >= 0.3 is 0 Å². The summed E-state index contributed by atoms with van der Waals surface area (Å²) >= 11 is 5.78. The number of nitrogens with two attached hydrogens (primary N) is 1. The topological polar surface area (TPSA) is 109 Å². The number of hydrogen-bond donors (Lipinski definition) is 1. The van der Waals surface area contributed by atoms with Gasteiger partial charge in [-0.1, -0.05) is 34.9 Å². The predicted molar refractivity (Wildman–Crippen MR) is 65.9 cm³/mol. The van der Waals surface area contributed by atoms with Crippen LogP contribution in [0.4, 0.5) is 0 Å². The van der Waals surface area contributed by atoms with Crippen LogP contribution in [0.25, 0.3) is 16.5 Å². The van der Waals surface area contributed by atoms with Crippen LogP contribution in [0.15, 0.2) is 34.3 Å². The molecule has 0 aromatic heterocycles. The van der Waals surface area contributed by atoms with E-state index in [1.807, 2.05) is 0 Å². The maximum absolute atomic E-state index is 11.1. The Morgan fingerprint density at radius 2 is 2.24 bits per heavy atom. The number of azide groups is 1. The van der Waals surface area contributed by atoms with Gasteiger partial charge < -0.3 is 0 Å². The molecule has 1 aromatic carbocycles. The Labute approximate surface area is 103 Å². The Morgan fingerprint density at radius 3 is 2.76 bits per heavy atom. The first-order chi connectivity index (χ1) is 7.95. The van der Waals surface area contributed by atoms with E-state index in [9.17, 15) is 8.42 Å². The smallest absolute Gasteiger partial charge is 0.225 e. The Bertz CT molecular complexity index is 591. The van der Waals surface area contributed by atoms with Crippen LogP contribution in [0.5, 0.6) is 0 Å². The monoisotopic (exact) mass is 272 g/mol. The van der Waals surface area contributed by atoms with E-state index in [0.717, 1.165) is 0 Å². The lowest BCUT2D eigenvalue weighted by Gasteiger charge is -2.02. The van der Waals surface area contributed by atoms with Gasteiger partial charge in [-0.25, -0.2) is 13.6 Å². The van der Waals surface area contributed by atoms with E-state index in [2.05, 4.69) is 10.0 Å². The van der Waals surface area contributed by atoms with Crippen molar-refractivity contribution < 1.29 is 8.42 Å². The van der Waals surface area contributed by atoms with Crippen LogP contribution in [-0.4, -0.2) is 15.0 Å².